The maximum absolute atomic E-state index is 12.4. The van der Waals surface area contributed by atoms with Crippen molar-refractivity contribution in [1.29, 1.82) is 0 Å². The SMILES string of the molecule is CCC1CCCCN1CCNC(=O)C(C)(N)c1ccccc1. The van der Waals surface area contributed by atoms with Crippen molar-refractivity contribution in [3.8, 4) is 0 Å². The van der Waals surface area contributed by atoms with Gasteiger partial charge in [0.25, 0.3) is 0 Å². The quantitative estimate of drug-likeness (QED) is 0.847. The topological polar surface area (TPSA) is 58.4 Å². The molecule has 0 radical (unpaired) electrons. The molecule has 1 aliphatic heterocycles. The Bertz CT molecular complexity index is 472. The first-order valence-corrected chi connectivity index (χ1v) is 8.42. The first kappa shape index (κ1) is 17.0. The maximum Gasteiger partial charge on any atom is 0.244 e. The van der Waals surface area contributed by atoms with E-state index < -0.39 is 5.54 Å². The van der Waals surface area contributed by atoms with E-state index in [1.807, 2.05) is 30.3 Å². The minimum absolute atomic E-state index is 0.108. The van der Waals surface area contributed by atoms with Gasteiger partial charge in [-0.25, -0.2) is 0 Å². The predicted molar refractivity (Wildman–Crippen MR) is 90.5 cm³/mol. The van der Waals surface area contributed by atoms with Crippen LogP contribution in [0, 0.1) is 0 Å². The first-order valence-electron chi connectivity index (χ1n) is 8.42. The van der Waals surface area contributed by atoms with Gasteiger partial charge in [0.2, 0.25) is 5.91 Å². The largest absolute Gasteiger partial charge is 0.353 e. The molecule has 4 nitrogen and oxygen atoms in total. The van der Waals surface area contributed by atoms with Crippen LogP contribution in [0.2, 0.25) is 0 Å². The number of benzene rings is 1. The summed E-state index contributed by atoms with van der Waals surface area (Å²) in [5, 5.41) is 3.01. The second-order valence-electron chi connectivity index (χ2n) is 6.42. The van der Waals surface area contributed by atoms with Gasteiger partial charge in [-0.05, 0) is 38.3 Å². The average Bonchev–Trinajstić information content (AvgIpc) is 2.56. The molecule has 1 saturated heterocycles. The summed E-state index contributed by atoms with van der Waals surface area (Å²) in [4.78, 5) is 14.9. The highest BCUT2D eigenvalue weighted by atomic mass is 16.2. The van der Waals surface area contributed by atoms with Crippen molar-refractivity contribution in [2.45, 2.75) is 51.1 Å². The molecule has 3 N–H and O–H groups in total. The molecule has 22 heavy (non-hydrogen) atoms. The molecule has 1 aliphatic rings. The van der Waals surface area contributed by atoms with E-state index in [0.717, 1.165) is 18.7 Å². The fourth-order valence-corrected chi connectivity index (χ4v) is 3.23. The molecule has 0 aromatic heterocycles. The van der Waals surface area contributed by atoms with Crippen LogP contribution in [0.3, 0.4) is 0 Å². The van der Waals surface area contributed by atoms with Gasteiger partial charge < -0.3 is 11.1 Å². The lowest BCUT2D eigenvalue weighted by Gasteiger charge is -2.35. The number of nitrogens with two attached hydrogens (primary N) is 1. The summed E-state index contributed by atoms with van der Waals surface area (Å²) >= 11 is 0. The molecule has 1 aromatic carbocycles. The van der Waals surface area contributed by atoms with Gasteiger partial charge in [0.1, 0.15) is 5.54 Å². The highest BCUT2D eigenvalue weighted by Gasteiger charge is 2.30. The normalized spacial score (nSPS) is 22.0. The van der Waals surface area contributed by atoms with Crippen LogP contribution in [0.25, 0.3) is 0 Å². The lowest BCUT2D eigenvalue weighted by molar-refractivity contribution is -0.126. The average molecular weight is 303 g/mol. The van der Waals surface area contributed by atoms with Crippen molar-refractivity contribution in [3.05, 3.63) is 35.9 Å². The minimum atomic E-state index is -0.979. The molecule has 4 heteroatoms. The molecule has 1 aromatic rings. The van der Waals surface area contributed by atoms with Gasteiger partial charge in [0.15, 0.2) is 0 Å². The van der Waals surface area contributed by atoms with E-state index in [1.54, 1.807) is 6.92 Å². The molecule has 1 fully saturated rings. The highest BCUT2D eigenvalue weighted by molar-refractivity contribution is 5.86. The zero-order chi connectivity index (χ0) is 16.0. The van der Waals surface area contributed by atoms with Crippen molar-refractivity contribution in [2.75, 3.05) is 19.6 Å². The second-order valence-corrected chi connectivity index (χ2v) is 6.42. The summed E-state index contributed by atoms with van der Waals surface area (Å²) in [5.41, 5.74) is 6.09. The molecular formula is C18H29N3O. The molecular weight excluding hydrogens is 274 g/mol. The standard InChI is InChI=1S/C18H29N3O/c1-3-16-11-7-8-13-21(16)14-12-20-17(22)18(2,19)15-9-5-4-6-10-15/h4-6,9-10,16H,3,7-8,11-14,19H2,1-2H3,(H,20,22). The maximum atomic E-state index is 12.4. The van der Waals surface area contributed by atoms with Crippen LogP contribution in [0.4, 0.5) is 0 Å². The van der Waals surface area contributed by atoms with Gasteiger partial charge in [-0.15, -0.1) is 0 Å². The Balaban J connectivity index is 1.84. The Labute approximate surface area is 134 Å². The Morgan fingerprint density at radius 3 is 2.77 bits per heavy atom. The number of hydrogen-bond acceptors (Lipinski definition) is 3. The zero-order valence-electron chi connectivity index (χ0n) is 13.8. The van der Waals surface area contributed by atoms with E-state index >= 15 is 0 Å². The van der Waals surface area contributed by atoms with Crippen molar-refractivity contribution < 1.29 is 4.79 Å². The summed E-state index contributed by atoms with van der Waals surface area (Å²) in [7, 11) is 0. The third kappa shape index (κ3) is 4.08. The van der Waals surface area contributed by atoms with E-state index in [4.69, 9.17) is 5.73 Å². The summed E-state index contributed by atoms with van der Waals surface area (Å²) < 4.78 is 0. The number of hydrogen-bond donors (Lipinski definition) is 2. The number of nitrogens with one attached hydrogen (secondary N) is 1. The number of piperidine rings is 1. The van der Waals surface area contributed by atoms with E-state index in [-0.39, 0.29) is 5.91 Å². The Morgan fingerprint density at radius 2 is 2.09 bits per heavy atom. The zero-order valence-corrected chi connectivity index (χ0v) is 13.8. The fraction of sp³-hybridized carbons (Fsp3) is 0.611. The van der Waals surface area contributed by atoms with E-state index in [0.29, 0.717) is 12.6 Å². The summed E-state index contributed by atoms with van der Waals surface area (Å²) in [5.74, 6) is -0.108. The van der Waals surface area contributed by atoms with Crippen molar-refractivity contribution in [3.63, 3.8) is 0 Å². The van der Waals surface area contributed by atoms with Gasteiger partial charge in [-0.3, -0.25) is 9.69 Å². The first-order chi connectivity index (χ1) is 10.6. The van der Waals surface area contributed by atoms with Gasteiger partial charge in [-0.1, -0.05) is 43.7 Å². The van der Waals surface area contributed by atoms with Crippen LogP contribution < -0.4 is 11.1 Å². The molecule has 0 bridgehead atoms. The Kier molecular flexibility index (Phi) is 5.98. The van der Waals surface area contributed by atoms with Crippen molar-refractivity contribution in [1.82, 2.24) is 10.2 Å². The Hall–Kier alpha value is -1.39. The van der Waals surface area contributed by atoms with Crippen LogP contribution in [-0.4, -0.2) is 36.5 Å². The summed E-state index contributed by atoms with van der Waals surface area (Å²) in [6, 6.07) is 10.2. The number of carbonyl (C=O) groups is 1. The van der Waals surface area contributed by atoms with Gasteiger partial charge in [-0.2, -0.15) is 0 Å². The van der Waals surface area contributed by atoms with Gasteiger partial charge >= 0.3 is 0 Å². The monoisotopic (exact) mass is 303 g/mol. The summed E-state index contributed by atoms with van der Waals surface area (Å²) in [6.07, 6.45) is 5.06. The fourth-order valence-electron chi connectivity index (χ4n) is 3.23. The van der Waals surface area contributed by atoms with E-state index in [9.17, 15) is 4.79 Å². The minimum Gasteiger partial charge on any atom is -0.353 e. The van der Waals surface area contributed by atoms with Gasteiger partial charge in [0, 0.05) is 19.1 Å². The molecule has 2 rings (SSSR count). The van der Waals surface area contributed by atoms with Crippen LogP contribution in [0.1, 0.15) is 45.1 Å². The Morgan fingerprint density at radius 1 is 1.36 bits per heavy atom. The lowest BCUT2D eigenvalue weighted by atomic mass is 9.92. The lowest BCUT2D eigenvalue weighted by Crippen LogP contribution is -2.51. The molecule has 2 unspecified atom stereocenters. The van der Waals surface area contributed by atoms with Crippen molar-refractivity contribution in [2.24, 2.45) is 5.73 Å². The number of rotatable bonds is 6. The molecule has 1 heterocycles. The highest BCUT2D eigenvalue weighted by Crippen LogP contribution is 2.19. The van der Waals surface area contributed by atoms with Crippen LogP contribution in [0.5, 0.6) is 0 Å². The predicted octanol–water partition coefficient (Wildman–Crippen LogP) is 2.24. The van der Waals surface area contributed by atoms with Crippen molar-refractivity contribution >= 4 is 5.91 Å². The van der Waals surface area contributed by atoms with Gasteiger partial charge in [0.05, 0.1) is 0 Å². The van der Waals surface area contributed by atoms with Crippen LogP contribution in [0.15, 0.2) is 30.3 Å². The third-order valence-corrected chi connectivity index (χ3v) is 4.75. The number of nitrogens with zero attached hydrogens (tertiary/aromatic N) is 1. The smallest absolute Gasteiger partial charge is 0.244 e. The molecule has 0 saturated carbocycles. The van der Waals surface area contributed by atoms with Crippen LogP contribution >= 0.6 is 0 Å². The van der Waals surface area contributed by atoms with E-state index in [2.05, 4.69) is 17.1 Å². The summed E-state index contributed by atoms with van der Waals surface area (Å²) in [6.45, 7) is 6.73. The molecule has 0 spiro atoms. The molecule has 2 atom stereocenters. The second kappa shape index (κ2) is 7.75. The number of amides is 1. The van der Waals surface area contributed by atoms with Crippen LogP contribution in [-0.2, 0) is 10.3 Å². The number of likely N-dealkylation sites (tertiary alicyclic amines) is 1. The third-order valence-electron chi connectivity index (χ3n) is 4.75. The molecule has 122 valence electrons. The molecule has 0 aliphatic carbocycles. The van der Waals surface area contributed by atoms with E-state index in [1.165, 1.54) is 25.7 Å². The number of carbonyl (C=O) groups excluding carboxylic acids is 1. The molecule has 1 amide bonds.